The van der Waals surface area contributed by atoms with Gasteiger partial charge in [-0.3, -0.25) is 57.5 Å². The van der Waals surface area contributed by atoms with E-state index >= 15 is 0 Å². The van der Waals surface area contributed by atoms with Crippen LogP contribution in [0.1, 0.15) is 105 Å². The van der Waals surface area contributed by atoms with Crippen molar-refractivity contribution in [1.82, 2.24) is 39.9 Å². The largest absolute Gasteiger partial charge is 0.433 e. The molecule has 0 spiro atoms. The number of H-pyrrole nitrogens is 4. The Kier molecular flexibility index (Phi) is 23.0. The summed E-state index contributed by atoms with van der Waals surface area (Å²) in [6.07, 6.45) is -4.77. The van der Waals surface area contributed by atoms with E-state index in [1.54, 1.807) is 78.8 Å². The molecule has 0 unspecified atom stereocenters. The molecule has 0 fully saturated rings. The zero-order valence-electron chi connectivity index (χ0n) is 57.3. The van der Waals surface area contributed by atoms with Crippen molar-refractivity contribution in [2.75, 3.05) is 67.0 Å². The average Bonchev–Trinajstić information content (AvgIpc) is 0.763. The van der Waals surface area contributed by atoms with Gasteiger partial charge in [0.1, 0.15) is 66.8 Å². The SMILES string of the molecule is Cc1ccc2c(c1)NC(=O)CN2C(=O)CCc1c(C)nc(C)[nH]c1=O.Cc1nc(C(F)(F)F)c(CCC(=O)N2CC(=O)Nc3ccccc32)c(=O)[nH]1.Cc1nc(C)c(CCC(=O)N2CC(=O)Nc3c(F)cccc32)c(=O)[nH]1.Cc1nc(C)c(CCC(=O)N2CC(=O)Nc3cc(F)c(C)cc32)c(=O)[nH]1. The summed E-state index contributed by atoms with van der Waals surface area (Å²) in [5, 5.41) is 10.4. The third-order valence-corrected chi connectivity index (χ3v) is 16.8. The fraction of sp³-hybridized carbons (Fsp3) is 0.314. The molecule has 28 nitrogen and oxygen atoms in total. The van der Waals surface area contributed by atoms with Crippen LogP contribution in [-0.4, -0.2) is 113 Å². The molecule has 33 heteroatoms. The fourth-order valence-corrected chi connectivity index (χ4v) is 11.9. The van der Waals surface area contributed by atoms with Gasteiger partial charge in [0.25, 0.3) is 22.2 Å². The Morgan fingerprint density at radius 3 is 1.22 bits per heavy atom. The fourth-order valence-electron chi connectivity index (χ4n) is 11.9. The summed E-state index contributed by atoms with van der Waals surface area (Å²) in [5.41, 5.74) is 4.19. The van der Waals surface area contributed by atoms with Crippen molar-refractivity contribution in [3.63, 3.8) is 0 Å². The number of anilines is 8. The van der Waals surface area contributed by atoms with E-state index in [2.05, 4.69) is 61.1 Å². The molecule has 4 aromatic carbocycles. The molecule has 8 amide bonds. The number of aromatic amines is 4. The monoisotopic (exact) mass is 1420 g/mol. The molecule has 8 aromatic rings. The lowest BCUT2D eigenvalue weighted by atomic mass is 10.1. The highest BCUT2D eigenvalue weighted by Crippen LogP contribution is 2.36. The molecule has 0 radical (unpaired) electrons. The van der Waals surface area contributed by atoms with Crippen LogP contribution in [0.3, 0.4) is 0 Å². The smallest absolute Gasteiger partial charge is 0.323 e. The Labute approximate surface area is 583 Å². The molecule has 0 atom stereocenters. The molecule has 4 aliphatic heterocycles. The number of nitrogens with one attached hydrogen (secondary N) is 8. The predicted molar refractivity (Wildman–Crippen MR) is 370 cm³/mol. The molecule has 0 saturated heterocycles. The van der Waals surface area contributed by atoms with E-state index in [0.29, 0.717) is 90.9 Å². The van der Waals surface area contributed by atoms with Crippen LogP contribution in [0.25, 0.3) is 0 Å². The number of amides is 8. The summed E-state index contributed by atoms with van der Waals surface area (Å²) in [5.74, 6) is -2.56. The quantitative estimate of drug-likeness (QED) is 0.0581. The molecular weight excluding hydrogens is 1350 g/mol. The number of para-hydroxylation sites is 3. The van der Waals surface area contributed by atoms with E-state index in [1.807, 2.05) is 25.1 Å². The van der Waals surface area contributed by atoms with E-state index in [1.165, 1.54) is 50.8 Å². The number of aromatic nitrogens is 8. The van der Waals surface area contributed by atoms with Crippen molar-refractivity contribution >= 4 is 92.8 Å². The molecule has 8 heterocycles. The van der Waals surface area contributed by atoms with E-state index in [-0.39, 0.29) is 135 Å². The number of carbonyl (C=O) groups excluding carboxylic acids is 8. The van der Waals surface area contributed by atoms with Gasteiger partial charge < -0.3 is 60.8 Å². The van der Waals surface area contributed by atoms with Gasteiger partial charge in [-0.25, -0.2) is 28.7 Å². The number of aryl methyl sites for hydroxylation is 9. The molecule has 103 heavy (non-hydrogen) atoms. The van der Waals surface area contributed by atoms with Crippen LogP contribution >= 0.6 is 0 Å². The highest BCUT2D eigenvalue weighted by Gasteiger charge is 2.38. The maximum Gasteiger partial charge on any atom is 0.433 e. The second kappa shape index (κ2) is 31.6. The van der Waals surface area contributed by atoms with Gasteiger partial charge in [-0.1, -0.05) is 24.3 Å². The molecule has 12 rings (SSSR count). The standard InChI is InChI=1S/C18H19FN4O3.C18H20N4O3.C17H15F3N4O3.C17H17FN4O3/c1-9-6-15-14(7-13(9)19)22-16(24)8-23(15)17(25)5-4-12-10(2)20-11(3)21-18(12)26;1-10-4-6-15-14(8-10)21-16(23)9-22(15)17(24)7-5-13-11(2)19-12(3)20-18(13)25;1-9-21-15(17(18,19)20)10(16(27)22-9)6-7-14(26)24-8-13(25)23-11-4-2-3-5-12(11)24;1-9-11(17(25)20-10(2)19-9)6-7-15(24)22-8-14(23)21-16-12(18)4-3-5-13(16)22/h6-7H,4-5,8H2,1-3H3,(H,22,24)(H,20,21,26);4,6,8H,5,7,9H2,1-3H3,(H,21,23)(H,19,20,25);2-5H,6-8H2,1H3,(H,23,25)(H,21,22,27);3-5H,6-8H2,1-2H3,(H,21,23)(H,19,20,25). The van der Waals surface area contributed by atoms with Crippen molar-refractivity contribution in [3.8, 4) is 0 Å². The maximum absolute atomic E-state index is 13.9. The molecule has 538 valence electrons. The lowest BCUT2D eigenvalue weighted by Gasteiger charge is -2.29. The Bertz CT molecular complexity index is 5010. The van der Waals surface area contributed by atoms with Gasteiger partial charge in [0.05, 0.1) is 39.8 Å². The van der Waals surface area contributed by atoms with E-state index in [9.17, 15) is 79.5 Å². The van der Waals surface area contributed by atoms with Crippen LogP contribution in [0.15, 0.2) is 92.0 Å². The number of alkyl halides is 3. The topological polar surface area (TPSA) is 381 Å². The van der Waals surface area contributed by atoms with Crippen molar-refractivity contribution in [2.45, 2.75) is 120 Å². The van der Waals surface area contributed by atoms with Gasteiger partial charge >= 0.3 is 6.18 Å². The highest BCUT2D eigenvalue weighted by molar-refractivity contribution is 6.13. The molecule has 0 aliphatic carbocycles. The molecule has 4 aliphatic rings. The summed E-state index contributed by atoms with van der Waals surface area (Å²) in [6, 6.07) is 19.2. The number of carbonyl (C=O) groups is 8. The normalized spacial score (nSPS) is 13.5. The number of rotatable bonds is 12. The number of hydrogen-bond acceptors (Lipinski definition) is 16. The Morgan fingerprint density at radius 2 is 0.767 bits per heavy atom. The second-order valence-corrected chi connectivity index (χ2v) is 24.5. The minimum Gasteiger partial charge on any atom is -0.323 e. The minimum absolute atomic E-state index is 0.00173. The third kappa shape index (κ3) is 18.1. The van der Waals surface area contributed by atoms with E-state index in [0.717, 1.165) is 5.56 Å². The first-order valence-electron chi connectivity index (χ1n) is 32.2. The van der Waals surface area contributed by atoms with Crippen molar-refractivity contribution in [2.24, 2.45) is 0 Å². The Morgan fingerprint density at radius 1 is 0.398 bits per heavy atom. The first-order chi connectivity index (χ1) is 48.6. The van der Waals surface area contributed by atoms with Crippen LogP contribution in [0.2, 0.25) is 0 Å². The predicted octanol–water partition coefficient (Wildman–Crippen LogP) is 6.82. The van der Waals surface area contributed by atoms with Gasteiger partial charge in [-0.2, -0.15) is 13.2 Å². The minimum atomic E-state index is -4.81. The van der Waals surface area contributed by atoms with Gasteiger partial charge in [0.2, 0.25) is 47.3 Å². The first-order valence-corrected chi connectivity index (χ1v) is 32.2. The molecule has 4 aromatic heterocycles. The summed E-state index contributed by atoms with van der Waals surface area (Å²) in [6.45, 7) is 14.4. The average molecular weight is 1420 g/mol. The van der Waals surface area contributed by atoms with Crippen LogP contribution in [-0.2, 0) is 70.2 Å². The van der Waals surface area contributed by atoms with E-state index < -0.39 is 58.8 Å². The summed E-state index contributed by atoms with van der Waals surface area (Å²) < 4.78 is 67.1. The summed E-state index contributed by atoms with van der Waals surface area (Å²) in [7, 11) is 0. The highest BCUT2D eigenvalue weighted by atomic mass is 19.4. The zero-order valence-corrected chi connectivity index (χ0v) is 57.3. The number of fused-ring (bicyclic) bond motifs is 4. The number of halogens is 5. The van der Waals surface area contributed by atoms with E-state index in [4.69, 9.17) is 0 Å². The van der Waals surface area contributed by atoms with Gasteiger partial charge in [-0.15, -0.1) is 0 Å². The lowest BCUT2D eigenvalue weighted by Crippen LogP contribution is -2.42. The molecule has 8 N–H and O–H groups in total. The Balaban J connectivity index is 0.000000160. The number of nitrogens with zero attached hydrogens (tertiary/aromatic N) is 8. The molecular formula is C70H71F5N16O12. The van der Waals surface area contributed by atoms with Crippen LogP contribution in [0, 0.1) is 73.9 Å². The first kappa shape index (κ1) is 75.0. The van der Waals surface area contributed by atoms with Crippen molar-refractivity contribution in [3.05, 3.63) is 205 Å². The van der Waals surface area contributed by atoms with Gasteiger partial charge in [0, 0.05) is 65.0 Å². The Hall–Kier alpha value is -12.2. The van der Waals surface area contributed by atoms with Crippen molar-refractivity contribution < 1.29 is 60.3 Å². The van der Waals surface area contributed by atoms with Crippen LogP contribution in [0.4, 0.5) is 67.5 Å². The maximum atomic E-state index is 13.9. The van der Waals surface area contributed by atoms with Gasteiger partial charge in [0.15, 0.2) is 5.69 Å². The second-order valence-electron chi connectivity index (χ2n) is 24.5. The van der Waals surface area contributed by atoms with Crippen LogP contribution < -0.4 is 63.1 Å². The summed E-state index contributed by atoms with van der Waals surface area (Å²) >= 11 is 0. The van der Waals surface area contributed by atoms with Crippen molar-refractivity contribution in [1.29, 1.82) is 0 Å². The van der Waals surface area contributed by atoms with Crippen LogP contribution in [0.5, 0.6) is 0 Å². The number of benzene rings is 4. The summed E-state index contributed by atoms with van der Waals surface area (Å²) in [4.78, 5) is 177. The molecule has 0 saturated carbocycles. The molecule has 0 bridgehead atoms. The third-order valence-electron chi connectivity index (χ3n) is 16.8. The van der Waals surface area contributed by atoms with Gasteiger partial charge in [-0.05, 0) is 148 Å². The lowest BCUT2D eigenvalue weighted by molar-refractivity contribution is -0.142. The number of hydrogen-bond donors (Lipinski definition) is 8. The zero-order chi connectivity index (χ0) is 75.0.